The van der Waals surface area contributed by atoms with Crippen molar-refractivity contribution in [2.45, 2.75) is 65.1 Å². The molecule has 1 aliphatic heterocycles. The molecule has 1 saturated heterocycles. The van der Waals surface area contributed by atoms with Crippen molar-refractivity contribution in [2.75, 3.05) is 44.8 Å². The van der Waals surface area contributed by atoms with E-state index in [1.807, 2.05) is 6.92 Å². The summed E-state index contributed by atoms with van der Waals surface area (Å²) < 4.78 is 36.3. The van der Waals surface area contributed by atoms with Gasteiger partial charge in [-0.2, -0.15) is 0 Å². The largest absolute Gasteiger partial charge is 0.491 e. The molecular weight excluding hydrogens is 568 g/mol. The first-order valence-electron chi connectivity index (χ1n) is 14.2. The first-order valence-corrected chi connectivity index (χ1v) is 14.6. The van der Waals surface area contributed by atoms with Crippen molar-refractivity contribution >= 4 is 28.8 Å². The van der Waals surface area contributed by atoms with E-state index in [0.717, 1.165) is 44.3 Å². The summed E-state index contributed by atoms with van der Waals surface area (Å²) in [4.78, 5) is 24.6. The van der Waals surface area contributed by atoms with E-state index in [1.54, 1.807) is 32.2 Å². The lowest BCUT2D eigenvalue weighted by Crippen LogP contribution is -2.58. The number of nitrogens with two attached hydrogens (primary N) is 1. The van der Waals surface area contributed by atoms with Gasteiger partial charge in [0.1, 0.15) is 30.9 Å². The topological polar surface area (TPSA) is 123 Å². The number of aliphatic hydroxyl groups is 1. The van der Waals surface area contributed by atoms with Crippen LogP contribution in [0.5, 0.6) is 5.75 Å². The number of alkyl halides is 2. The number of nitrogens with zero attached hydrogens (tertiary/aromatic N) is 3. The van der Waals surface area contributed by atoms with E-state index < -0.39 is 19.1 Å². The van der Waals surface area contributed by atoms with Gasteiger partial charge < -0.3 is 30.5 Å². The van der Waals surface area contributed by atoms with Crippen LogP contribution in [0.2, 0.25) is 5.02 Å². The zero-order valence-electron chi connectivity index (χ0n) is 24.6. The van der Waals surface area contributed by atoms with Crippen LogP contribution in [-0.4, -0.2) is 79.4 Å². The molecule has 0 bridgehead atoms. The molecule has 1 aromatic heterocycles. The zero-order valence-corrected chi connectivity index (χ0v) is 25.3. The smallest absolute Gasteiger partial charge is 0.261 e. The summed E-state index contributed by atoms with van der Waals surface area (Å²) in [6.45, 7) is 6.44. The molecule has 1 atom stereocenters. The second-order valence-electron chi connectivity index (χ2n) is 11.4. The van der Waals surface area contributed by atoms with Crippen LogP contribution in [0, 0.1) is 12.3 Å². The predicted octanol–water partition coefficient (Wildman–Crippen LogP) is 4.37. The van der Waals surface area contributed by atoms with Crippen molar-refractivity contribution in [3.8, 4) is 17.1 Å². The fourth-order valence-electron chi connectivity index (χ4n) is 5.87. The lowest BCUT2D eigenvalue weighted by atomic mass is 9.68. The number of hydrogen-bond donors (Lipinski definition) is 3. The Kier molecular flexibility index (Phi) is 10.4. The van der Waals surface area contributed by atoms with E-state index in [-0.39, 0.29) is 23.9 Å². The Balaban J connectivity index is 1.64. The first kappa shape index (κ1) is 32.1. The molecular formula is C30H40ClF2N5O4. The number of halogens is 3. The SMILES string of the molecule is CNC[C@@H](O)COc1ccc(Cl)c(-c2nc(C(C(C)=O)=C(C)N)c(C)c(N3CC4(CCC(OCC(F)F)CC4)C3)n2)c1. The molecule has 1 aliphatic carbocycles. The summed E-state index contributed by atoms with van der Waals surface area (Å²) in [6, 6.07) is 5.11. The van der Waals surface area contributed by atoms with Crippen molar-refractivity contribution in [1.82, 2.24) is 15.3 Å². The third-order valence-corrected chi connectivity index (χ3v) is 8.30. The number of carbonyl (C=O) groups excluding carboxylic acids is 1. The summed E-state index contributed by atoms with van der Waals surface area (Å²) >= 11 is 6.62. The van der Waals surface area contributed by atoms with E-state index in [0.29, 0.717) is 51.5 Å². The molecule has 230 valence electrons. The van der Waals surface area contributed by atoms with Crippen LogP contribution in [0.25, 0.3) is 17.0 Å². The number of benzene rings is 1. The van der Waals surface area contributed by atoms with Gasteiger partial charge in [-0.05, 0) is 71.7 Å². The summed E-state index contributed by atoms with van der Waals surface area (Å²) in [5.74, 6) is 1.28. The first-order chi connectivity index (χ1) is 19.9. The molecule has 1 saturated carbocycles. The summed E-state index contributed by atoms with van der Waals surface area (Å²) in [5, 5.41) is 13.4. The van der Waals surface area contributed by atoms with Gasteiger partial charge in [-0.25, -0.2) is 18.7 Å². The summed E-state index contributed by atoms with van der Waals surface area (Å²) in [6.07, 6.45) is -0.0311. The number of aromatic nitrogens is 2. The molecule has 0 radical (unpaired) electrons. The lowest BCUT2D eigenvalue weighted by Gasteiger charge is -2.54. The molecule has 42 heavy (non-hydrogen) atoms. The summed E-state index contributed by atoms with van der Waals surface area (Å²) in [7, 11) is 1.75. The van der Waals surface area contributed by atoms with Crippen molar-refractivity contribution in [2.24, 2.45) is 11.1 Å². The van der Waals surface area contributed by atoms with E-state index in [2.05, 4.69) is 10.2 Å². The number of nitrogens with one attached hydrogen (secondary N) is 1. The second-order valence-corrected chi connectivity index (χ2v) is 11.8. The minimum Gasteiger partial charge on any atom is -0.491 e. The average Bonchev–Trinajstić information content (AvgIpc) is 2.91. The van der Waals surface area contributed by atoms with Crippen LogP contribution >= 0.6 is 11.6 Å². The average molecular weight is 608 g/mol. The highest BCUT2D eigenvalue weighted by Crippen LogP contribution is 2.47. The molecule has 2 heterocycles. The molecule has 0 amide bonds. The van der Waals surface area contributed by atoms with Gasteiger partial charge in [0.25, 0.3) is 6.43 Å². The number of ketones is 1. The number of allylic oxidation sites excluding steroid dienone is 2. The van der Waals surface area contributed by atoms with E-state index in [4.69, 9.17) is 36.8 Å². The van der Waals surface area contributed by atoms with Crippen molar-refractivity contribution in [3.63, 3.8) is 0 Å². The van der Waals surface area contributed by atoms with Crippen molar-refractivity contribution in [1.29, 1.82) is 0 Å². The van der Waals surface area contributed by atoms with Gasteiger partial charge in [0.15, 0.2) is 11.6 Å². The molecule has 0 unspecified atom stereocenters. The van der Waals surface area contributed by atoms with Crippen LogP contribution in [0.1, 0.15) is 50.8 Å². The van der Waals surface area contributed by atoms with Gasteiger partial charge in [-0.15, -0.1) is 0 Å². The molecule has 12 heteroatoms. The highest BCUT2D eigenvalue weighted by Gasteiger charge is 2.46. The van der Waals surface area contributed by atoms with Crippen LogP contribution in [0.15, 0.2) is 23.9 Å². The molecule has 2 aromatic rings. The Morgan fingerprint density at radius 3 is 2.52 bits per heavy atom. The number of ether oxygens (including phenoxy) is 2. The van der Waals surface area contributed by atoms with Gasteiger partial charge in [0, 0.05) is 41.9 Å². The minimum atomic E-state index is -2.46. The van der Waals surface area contributed by atoms with Crippen LogP contribution < -0.4 is 20.7 Å². The number of Topliss-reactive ketones (excluding diaryl/α,β-unsaturated/α-hetero) is 1. The Hall–Kier alpha value is -2.86. The highest BCUT2D eigenvalue weighted by molar-refractivity contribution is 6.33. The van der Waals surface area contributed by atoms with Gasteiger partial charge in [0.2, 0.25) is 0 Å². The maximum atomic E-state index is 12.7. The number of hydrogen-bond acceptors (Lipinski definition) is 9. The maximum absolute atomic E-state index is 12.7. The maximum Gasteiger partial charge on any atom is 0.261 e. The highest BCUT2D eigenvalue weighted by atomic mass is 35.5. The van der Waals surface area contributed by atoms with Crippen LogP contribution in [0.4, 0.5) is 14.6 Å². The number of rotatable bonds is 12. The minimum absolute atomic E-state index is 0.0605. The molecule has 4 N–H and O–H groups in total. The molecule has 4 rings (SSSR count). The van der Waals surface area contributed by atoms with Gasteiger partial charge in [-0.1, -0.05) is 11.6 Å². The fraction of sp³-hybridized carbons (Fsp3) is 0.567. The third-order valence-electron chi connectivity index (χ3n) is 7.97. The Bertz CT molecular complexity index is 1300. The third kappa shape index (κ3) is 7.37. The number of carbonyl (C=O) groups is 1. The van der Waals surface area contributed by atoms with Crippen molar-refractivity contribution < 1.29 is 28.2 Å². The number of likely N-dealkylation sites (N-methyl/N-ethyl adjacent to an activating group) is 1. The van der Waals surface area contributed by atoms with Crippen LogP contribution in [-0.2, 0) is 9.53 Å². The molecule has 1 spiro atoms. The lowest BCUT2D eigenvalue weighted by molar-refractivity contribution is -0.111. The van der Waals surface area contributed by atoms with E-state index in [1.165, 1.54) is 6.92 Å². The standard InChI is InChI=1S/C30H40ClF2N5O4/c1-17-27(26(18(2)34)19(3)39)36-28(23-11-22(5-6-24(23)31)41-13-20(40)12-35-4)37-29(17)38-15-30(16-38)9-7-21(8-10-30)42-14-25(32)33/h5-6,11,20-21,25,35,40H,7-10,12-16,34H2,1-4H3/t20-/m1/s1. The monoisotopic (exact) mass is 607 g/mol. The molecule has 2 aliphatic rings. The summed E-state index contributed by atoms with van der Waals surface area (Å²) in [5.41, 5.74) is 8.59. The van der Waals surface area contributed by atoms with Crippen LogP contribution in [0.3, 0.4) is 0 Å². The predicted molar refractivity (Wildman–Crippen MR) is 159 cm³/mol. The Labute approximate surface area is 250 Å². The fourth-order valence-corrected chi connectivity index (χ4v) is 6.07. The van der Waals surface area contributed by atoms with E-state index in [9.17, 15) is 18.7 Å². The Morgan fingerprint density at radius 2 is 1.93 bits per heavy atom. The molecule has 1 aromatic carbocycles. The molecule has 2 fully saturated rings. The van der Waals surface area contributed by atoms with Gasteiger partial charge in [0.05, 0.1) is 22.4 Å². The van der Waals surface area contributed by atoms with Gasteiger partial charge in [-0.3, -0.25) is 4.79 Å². The Morgan fingerprint density at radius 1 is 1.24 bits per heavy atom. The molecule has 9 nitrogen and oxygen atoms in total. The number of aliphatic hydroxyl groups excluding tert-OH is 1. The zero-order chi connectivity index (χ0) is 30.6. The van der Waals surface area contributed by atoms with Gasteiger partial charge >= 0.3 is 0 Å². The quantitative estimate of drug-likeness (QED) is 0.302. The normalized spacial score (nSPS) is 18.2. The van der Waals surface area contributed by atoms with Crippen molar-refractivity contribution in [3.05, 3.63) is 40.2 Å². The second kappa shape index (κ2) is 13.6. The van der Waals surface area contributed by atoms with E-state index >= 15 is 0 Å². The number of anilines is 1.